The van der Waals surface area contributed by atoms with Crippen molar-refractivity contribution in [3.63, 3.8) is 0 Å². The molecule has 20 heavy (non-hydrogen) atoms. The van der Waals surface area contributed by atoms with Gasteiger partial charge in [0, 0.05) is 12.2 Å². The highest BCUT2D eigenvalue weighted by molar-refractivity contribution is 5.95. The maximum Gasteiger partial charge on any atom is 0.422 e. The summed E-state index contributed by atoms with van der Waals surface area (Å²) < 4.78 is 4.70. The Kier molecular flexibility index (Phi) is 6.73. The molecule has 0 fully saturated rings. The molecule has 110 valence electrons. The summed E-state index contributed by atoms with van der Waals surface area (Å²) in [5, 5.41) is 0. The zero-order valence-corrected chi connectivity index (χ0v) is 12.0. The van der Waals surface area contributed by atoms with Crippen molar-refractivity contribution >= 4 is 17.7 Å². The number of anilines is 1. The molecule has 0 saturated heterocycles. The zero-order chi connectivity index (χ0) is 15.0. The van der Waals surface area contributed by atoms with Crippen LogP contribution in [0.15, 0.2) is 30.3 Å². The number of ether oxygens (including phenoxy) is 1. The Morgan fingerprint density at radius 2 is 1.90 bits per heavy atom. The fraction of sp³-hybridized carbons (Fsp3) is 0.467. The van der Waals surface area contributed by atoms with Crippen LogP contribution in [0.25, 0.3) is 0 Å². The van der Waals surface area contributed by atoms with Crippen LogP contribution in [0.2, 0.25) is 0 Å². The van der Waals surface area contributed by atoms with Crippen LogP contribution >= 0.6 is 0 Å². The van der Waals surface area contributed by atoms with Crippen molar-refractivity contribution in [1.82, 2.24) is 0 Å². The quantitative estimate of drug-likeness (QED) is 0.641. The number of rotatable bonds is 6. The molecular formula is C15H22N2O3. The Bertz CT molecular complexity index is 432. The van der Waals surface area contributed by atoms with Gasteiger partial charge in [0.25, 0.3) is 0 Å². The van der Waals surface area contributed by atoms with Gasteiger partial charge in [-0.05, 0) is 30.9 Å². The molecule has 0 radical (unpaired) electrons. The Morgan fingerprint density at radius 3 is 2.45 bits per heavy atom. The first-order chi connectivity index (χ1) is 9.54. The van der Waals surface area contributed by atoms with Crippen LogP contribution < -0.4 is 10.6 Å². The molecule has 1 rings (SSSR count). The number of para-hydroxylation sites is 1. The average molecular weight is 278 g/mol. The van der Waals surface area contributed by atoms with Crippen molar-refractivity contribution in [3.05, 3.63) is 30.3 Å². The van der Waals surface area contributed by atoms with E-state index >= 15 is 0 Å². The van der Waals surface area contributed by atoms with Crippen molar-refractivity contribution in [3.8, 4) is 0 Å². The third-order valence-electron chi connectivity index (χ3n) is 2.82. The molecule has 1 aromatic rings. The Morgan fingerprint density at radius 1 is 1.25 bits per heavy atom. The van der Waals surface area contributed by atoms with E-state index in [1.807, 2.05) is 30.3 Å². The minimum absolute atomic E-state index is 0.305. The summed E-state index contributed by atoms with van der Waals surface area (Å²) >= 11 is 0. The van der Waals surface area contributed by atoms with Crippen molar-refractivity contribution in [2.45, 2.75) is 26.7 Å². The first kappa shape index (κ1) is 16.2. The molecular weight excluding hydrogens is 256 g/mol. The number of amides is 1. The van der Waals surface area contributed by atoms with Gasteiger partial charge in [0.15, 0.2) is 0 Å². The van der Waals surface area contributed by atoms with Crippen LogP contribution in [0.5, 0.6) is 0 Å². The summed E-state index contributed by atoms with van der Waals surface area (Å²) in [5.41, 5.74) is 5.87. The second-order valence-corrected chi connectivity index (χ2v) is 4.97. The lowest BCUT2D eigenvalue weighted by Crippen LogP contribution is -2.35. The SMILES string of the molecule is CC(C)CCCN(C(=O)OC(=O)CN)c1ccccc1. The molecule has 0 aliphatic carbocycles. The summed E-state index contributed by atoms with van der Waals surface area (Å²) in [6.07, 6.45) is 1.18. The molecule has 0 aromatic heterocycles. The second kappa shape index (κ2) is 8.32. The summed E-state index contributed by atoms with van der Waals surface area (Å²) in [4.78, 5) is 24.6. The normalized spacial score (nSPS) is 10.4. The molecule has 0 spiro atoms. The van der Waals surface area contributed by atoms with E-state index in [2.05, 4.69) is 13.8 Å². The monoisotopic (exact) mass is 278 g/mol. The number of hydrogen-bond donors (Lipinski definition) is 1. The number of hydrogen-bond acceptors (Lipinski definition) is 4. The first-order valence-corrected chi connectivity index (χ1v) is 6.82. The molecule has 0 heterocycles. The highest BCUT2D eigenvalue weighted by Gasteiger charge is 2.19. The highest BCUT2D eigenvalue weighted by Crippen LogP contribution is 2.16. The predicted octanol–water partition coefficient (Wildman–Crippen LogP) is 2.55. The van der Waals surface area contributed by atoms with E-state index in [4.69, 9.17) is 10.5 Å². The lowest BCUT2D eigenvalue weighted by molar-refractivity contribution is -0.135. The van der Waals surface area contributed by atoms with Crippen LogP contribution in [0.1, 0.15) is 26.7 Å². The largest absolute Gasteiger partial charge is 0.422 e. The summed E-state index contributed by atoms with van der Waals surface area (Å²) in [5.74, 6) is -0.158. The summed E-state index contributed by atoms with van der Waals surface area (Å²) in [7, 11) is 0. The maximum absolute atomic E-state index is 12.0. The van der Waals surface area contributed by atoms with Gasteiger partial charge < -0.3 is 10.5 Å². The molecule has 0 saturated carbocycles. The summed E-state index contributed by atoms with van der Waals surface area (Å²) in [6, 6.07) is 9.16. The van der Waals surface area contributed by atoms with Gasteiger partial charge in [0.1, 0.15) is 0 Å². The van der Waals surface area contributed by atoms with E-state index in [9.17, 15) is 9.59 Å². The molecule has 0 atom stereocenters. The Hall–Kier alpha value is -1.88. The fourth-order valence-electron chi connectivity index (χ4n) is 1.79. The Labute approximate surface area is 119 Å². The topological polar surface area (TPSA) is 72.6 Å². The number of carbonyl (C=O) groups excluding carboxylic acids is 2. The van der Waals surface area contributed by atoms with Gasteiger partial charge in [-0.3, -0.25) is 9.69 Å². The molecule has 0 unspecified atom stereocenters. The van der Waals surface area contributed by atoms with Crippen molar-refractivity contribution in [2.75, 3.05) is 18.0 Å². The second-order valence-electron chi connectivity index (χ2n) is 4.97. The van der Waals surface area contributed by atoms with Crippen molar-refractivity contribution in [2.24, 2.45) is 11.7 Å². The minimum Gasteiger partial charge on any atom is -0.375 e. The zero-order valence-electron chi connectivity index (χ0n) is 12.0. The lowest BCUT2D eigenvalue weighted by atomic mass is 10.1. The van der Waals surface area contributed by atoms with Gasteiger partial charge in [0.05, 0.1) is 6.54 Å². The van der Waals surface area contributed by atoms with Crippen LogP contribution in [-0.2, 0) is 9.53 Å². The smallest absolute Gasteiger partial charge is 0.375 e. The van der Waals surface area contributed by atoms with Crippen LogP contribution in [-0.4, -0.2) is 25.2 Å². The minimum atomic E-state index is -0.722. The van der Waals surface area contributed by atoms with Gasteiger partial charge in [-0.2, -0.15) is 0 Å². The maximum atomic E-state index is 12.0. The first-order valence-electron chi connectivity index (χ1n) is 6.82. The van der Waals surface area contributed by atoms with Crippen LogP contribution in [0.3, 0.4) is 0 Å². The molecule has 5 nitrogen and oxygen atoms in total. The van der Waals surface area contributed by atoms with E-state index in [0.29, 0.717) is 18.2 Å². The van der Waals surface area contributed by atoms with Gasteiger partial charge in [0.2, 0.25) is 0 Å². The van der Waals surface area contributed by atoms with E-state index in [1.165, 1.54) is 4.90 Å². The molecule has 2 N–H and O–H groups in total. The fourth-order valence-corrected chi connectivity index (χ4v) is 1.79. The third-order valence-corrected chi connectivity index (χ3v) is 2.82. The van der Waals surface area contributed by atoms with E-state index in [0.717, 1.165) is 12.8 Å². The van der Waals surface area contributed by atoms with Crippen molar-refractivity contribution in [1.29, 1.82) is 0 Å². The summed E-state index contributed by atoms with van der Waals surface area (Å²) in [6.45, 7) is 4.46. The lowest BCUT2D eigenvalue weighted by Gasteiger charge is -2.21. The number of benzene rings is 1. The molecule has 0 aliphatic heterocycles. The molecule has 0 bridgehead atoms. The number of nitrogens with zero attached hydrogens (tertiary/aromatic N) is 1. The molecule has 0 aliphatic rings. The van der Waals surface area contributed by atoms with Gasteiger partial charge in [-0.15, -0.1) is 0 Å². The predicted molar refractivity (Wildman–Crippen MR) is 78.4 cm³/mol. The molecule has 5 heteroatoms. The third kappa shape index (κ3) is 5.40. The van der Waals surface area contributed by atoms with E-state index in [-0.39, 0.29) is 6.54 Å². The average Bonchev–Trinajstić information content (AvgIpc) is 2.44. The standard InChI is InChI=1S/C15H22N2O3/c1-12(2)7-6-10-17(13-8-4-3-5-9-13)15(19)20-14(18)11-16/h3-5,8-9,12H,6-7,10-11,16H2,1-2H3. The number of nitrogens with two attached hydrogens (primary N) is 1. The molecule has 1 aromatic carbocycles. The van der Waals surface area contributed by atoms with Crippen LogP contribution in [0, 0.1) is 5.92 Å². The number of esters is 1. The molecule has 1 amide bonds. The number of carbonyl (C=O) groups is 2. The van der Waals surface area contributed by atoms with Gasteiger partial charge in [-0.25, -0.2) is 4.79 Å². The van der Waals surface area contributed by atoms with E-state index < -0.39 is 12.1 Å². The van der Waals surface area contributed by atoms with E-state index in [1.54, 1.807) is 0 Å². The van der Waals surface area contributed by atoms with Gasteiger partial charge in [-0.1, -0.05) is 32.0 Å². The van der Waals surface area contributed by atoms with Crippen LogP contribution in [0.4, 0.5) is 10.5 Å². The highest BCUT2D eigenvalue weighted by atomic mass is 16.6. The van der Waals surface area contributed by atoms with Gasteiger partial charge >= 0.3 is 12.1 Å². The van der Waals surface area contributed by atoms with Crippen molar-refractivity contribution < 1.29 is 14.3 Å². The Balaban J connectivity index is 2.74.